The fourth-order valence-electron chi connectivity index (χ4n) is 7.55. The second-order valence-electron chi connectivity index (χ2n) is 18.4. The molecule has 0 aliphatic rings. The lowest BCUT2D eigenvalue weighted by Crippen LogP contribution is -2.29. The molecule has 0 aromatic carbocycles. The molecule has 2 unspecified atom stereocenters. The van der Waals surface area contributed by atoms with Gasteiger partial charge in [0.25, 0.3) is 0 Å². The first kappa shape index (κ1) is 66.9. The van der Waals surface area contributed by atoms with E-state index in [0.717, 1.165) is 103 Å². The third-order valence-electron chi connectivity index (χ3n) is 11.7. The van der Waals surface area contributed by atoms with Gasteiger partial charge >= 0.3 is 19.8 Å². The minimum absolute atomic E-state index is 0.0491. The molecule has 10 heteroatoms. The highest BCUT2D eigenvalue weighted by Crippen LogP contribution is 2.43. The third-order valence-corrected chi connectivity index (χ3v) is 12.7. The van der Waals surface area contributed by atoms with Crippen molar-refractivity contribution in [3.8, 4) is 0 Å². The Bertz CT molecular complexity index is 1460. The van der Waals surface area contributed by atoms with Gasteiger partial charge in [-0.25, -0.2) is 4.57 Å². The van der Waals surface area contributed by atoms with Gasteiger partial charge in [0.05, 0.1) is 13.2 Å². The lowest BCUT2D eigenvalue weighted by molar-refractivity contribution is -0.161. The number of esters is 2. The molecule has 0 heterocycles. The van der Waals surface area contributed by atoms with Crippen LogP contribution in [-0.2, 0) is 32.7 Å². The minimum Gasteiger partial charge on any atom is -0.462 e. The van der Waals surface area contributed by atoms with Crippen LogP contribution >= 0.6 is 7.82 Å². The summed E-state index contributed by atoms with van der Waals surface area (Å²) in [5.74, 6) is -0.840. The van der Waals surface area contributed by atoms with Crippen LogP contribution in [0.15, 0.2) is 97.2 Å². The maximum atomic E-state index is 12.7. The Labute approximate surface area is 429 Å². The molecule has 3 N–H and O–H groups in total. The lowest BCUT2D eigenvalue weighted by Gasteiger charge is -2.19. The fraction of sp³-hybridized carbons (Fsp3) is 0.700. The van der Waals surface area contributed by atoms with Crippen LogP contribution in [0.5, 0.6) is 0 Å². The predicted octanol–water partition coefficient (Wildman–Crippen LogP) is 17.7. The molecule has 0 aliphatic heterocycles. The molecule has 0 rings (SSSR count). The monoisotopic (exact) mass is 998 g/mol. The van der Waals surface area contributed by atoms with Crippen molar-refractivity contribution >= 4 is 19.8 Å². The predicted molar refractivity (Wildman–Crippen MR) is 298 cm³/mol. The molecule has 0 fully saturated rings. The van der Waals surface area contributed by atoms with Gasteiger partial charge in [-0.3, -0.25) is 18.6 Å². The van der Waals surface area contributed by atoms with Crippen molar-refractivity contribution in [1.82, 2.24) is 0 Å². The Kier molecular flexibility index (Phi) is 52.8. The van der Waals surface area contributed by atoms with Crippen LogP contribution < -0.4 is 5.73 Å². The molecule has 0 aromatic heterocycles. The van der Waals surface area contributed by atoms with Crippen LogP contribution in [0, 0.1) is 0 Å². The zero-order valence-corrected chi connectivity index (χ0v) is 45.6. The van der Waals surface area contributed by atoms with E-state index in [1.807, 2.05) is 0 Å². The second kappa shape index (κ2) is 55.2. The van der Waals surface area contributed by atoms with E-state index in [4.69, 9.17) is 24.3 Å². The average Bonchev–Trinajstić information content (AvgIpc) is 3.35. The molecule has 0 amide bonds. The quantitative estimate of drug-likeness (QED) is 0.0264. The molecule has 402 valence electrons. The topological polar surface area (TPSA) is 134 Å². The van der Waals surface area contributed by atoms with Crippen molar-refractivity contribution < 1.29 is 37.6 Å². The van der Waals surface area contributed by atoms with Gasteiger partial charge in [-0.2, -0.15) is 0 Å². The molecule has 0 spiro atoms. The highest BCUT2D eigenvalue weighted by atomic mass is 31.2. The number of carbonyl (C=O) groups is 2. The van der Waals surface area contributed by atoms with Crippen molar-refractivity contribution in [1.29, 1.82) is 0 Å². The summed E-state index contributed by atoms with van der Waals surface area (Å²) in [4.78, 5) is 35.1. The van der Waals surface area contributed by atoms with E-state index in [9.17, 15) is 19.0 Å². The number of allylic oxidation sites excluding steroid dienone is 16. The first-order valence-corrected chi connectivity index (χ1v) is 29.7. The summed E-state index contributed by atoms with van der Waals surface area (Å²) in [6.07, 6.45) is 73.2. The summed E-state index contributed by atoms with van der Waals surface area (Å²) in [7, 11) is -4.39. The average molecular weight is 998 g/mol. The summed E-state index contributed by atoms with van der Waals surface area (Å²) < 4.78 is 32.9. The second-order valence-corrected chi connectivity index (χ2v) is 19.9. The highest BCUT2D eigenvalue weighted by molar-refractivity contribution is 7.47. The van der Waals surface area contributed by atoms with Crippen LogP contribution in [0.2, 0.25) is 0 Å². The molecular weight excluding hydrogens is 894 g/mol. The van der Waals surface area contributed by atoms with Gasteiger partial charge in [0.2, 0.25) is 0 Å². The zero-order chi connectivity index (χ0) is 51.0. The maximum absolute atomic E-state index is 12.7. The van der Waals surface area contributed by atoms with E-state index in [2.05, 4.69) is 111 Å². The number of phosphoric ester groups is 1. The SMILES string of the molecule is CC/C=C\C/C=C\C/C=C\C/C=C\C/C=C\C/C=C\C/C=C\CCCCCCCCCCCCCCCC(=O)OC(COC(=O)CCCCCCC/C=C\CCCCCCC)COP(=O)(O)OCCN. The number of carbonyl (C=O) groups excluding carboxylic acids is 2. The van der Waals surface area contributed by atoms with E-state index in [0.29, 0.717) is 6.42 Å². The van der Waals surface area contributed by atoms with Gasteiger partial charge in [-0.05, 0) is 96.3 Å². The molecule has 9 nitrogen and oxygen atoms in total. The zero-order valence-electron chi connectivity index (χ0n) is 44.7. The first-order valence-electron chi connectivity index (χ1n) is 28.2. The molecular formula is C60H104NO8P. The minimum atomic E-state index is -4.39. The Balaban J connectivity index is 3.94. The molecule has 0 saturated carbocycles. The summed E-state index contributed by atoms with van der Waals surface area (Å²) >= 11 is 0. The largest absolute Gasteiger partial charge is 0.472 e. The number of hydrogen-bond donors (Lipinski definition) is 2. The smallest absolute Gasteiger partial charge is 0.462 e. The maximum Gasteiger partial charge on any atom is 0.472 e. The summed E-state index contributed by atoms with van der Waals surface area (Å²) in [5, 5.41) is 0. The number of hydrogen-bond acceptors (Lipinski definition) is 8. The Morgan fingerprint density at radius 1 is 0.443 bits per heavy atom. The van der Waals surface area contributed by atoms with Gasteiger partial charge < -0.3 is 20.1 Å². The number of nitrogens with two attached hydrogens (primary N) is 1. The van der Waals surface area contributed by atoms with Crippen molar-refractivity contribution in [2.75, 3.05) is 26.4 Å². The van der Waals surface area contributed by atoms with Crippen LogP contribution in [-0.4, -0.2) is 49.3 Å². The third kappa shape index (κ3) is 54.3. The number of ether oxygens (including phenoxy) is 2. The molecule has 70 heavy (non-hydrogen) atoms. The number of phosphoric acid groups is 1. The molecule has 0 radical (unpaired) electrons. The van der Waals surface area contributed by atoms with Crippen molar-refractivity contribution in [3.63, 3.8) is 0 Å². The van der Waals surface area contributed by atoms with Gasteiger partial charge in [0.1, 0.15) is 6.61 Å². The summed E-state index contributed by atoms with van der Waals surface area (Å²) in [5.41, 5.74) is 5.37. The van der Waals surface area contributed by atoms with E-state index >= 15 is 0 Å². The number of unbranched alkanes of at least 4 members (excludes halogenated alkanes) is 23. The van der Waals surface area contributed by atoms with E-state index in [-0.39, 0.29) is 32.6 Å². The molecule has 0 aliphatic carbocycles. The first-order chi connectivity index (χ1) is 34.3. The van der Waals surface area contributed by atoms with Crippen molar-refractivity contribution in [3.05, 3.63) is 97.2 Å². The summed E-state index contributed by atoms with van der Waals surface area (Å²) in [6.45, 7) is 3.61. The van der Waals surface area contributed by atoms with Gasteiger partial charge in [-0.1, -0.05) is 227 Å². The Hall–Kier alpha value is -3.07. The van der Waals surface area contributed by atoms with Gasteiger partial charge in [0.15, 0.2) is 6.10 Å². The van der Waals surface area contributed by atoms with Crippen molar-refractivity contribution in [2.24, 2.45) is 5.73 Å². The highest BCUT2D eigenvalue weighted by Gasteiger charge is 2.26. The van der Waals surface area contributed by atoms with E-state index < -0.39 is 32.5 Å². The van der Waals surface area contributed by atoms with Crippen molar-refractivity contribution in [2.45, 2.75) is 245 Å². The standard InChI is InChI=1S/C60H104NO8P/c1-3-5-7-9-11-13-15-17-19-20-21-22-23-24-25-26-27-28-29-30-31-32-33-34-35-36-37-38-39-41-43-45-47-49-51-53-60(63)69-58(57-68-70(64,65)67-55-54-61)56-66-59(62)52-50-48-46-44-42-40-18-16-14-12-10-8-6-4-2/h5,7,11,13,16-19,21-22,24-25,27-28,30-31,58H,3-4,6,8-10,12,14-15,20,23,26,29,32-57,61H2,1-2H3,(H,64,65)/b7-5-,13-11-,18-16-,19-17-,22-21-,25-24-,28-27-,31-30-. The van der Waals surface area contributed by atoms with E-state index in [1.165, 1.54) is 103 Å². The molecule has 0 aromatic rings. The molecule has 0 bridgehead atoms. The van der Waals surface area contributed by atoms with Gasteiger partial charge in [0, 0.05) is 19.4 Å². The van der Waals surface area contributed by atoms with Gasteiger partial charge in [-0.15, -0.1) is 0 Å². The van der Waals surface area contributed by atoms with Crippen LogP contribution in [0.25, 0.3) is 0 Å². The Morgan fingerprint density at radius 2 is 0.786 bits per heavy atom. The molecule has 2 atom stereocenters. The fourth-order valence-corrected chi connectivity index (χ4v) is 8.32. The summed E-state index contributed by atoms with van der Waals surface area (Å²) in [6, 6.07) is 0. The normalized spacial score (nSPS) is 13.8. The molecule has 0 saturated heterocycles. The van der Waals surface area contributed by atoms with Crippen LogP contribution in [0.1, 0.15) is 239 Å². The van der Waals surface area contributed by atoms with Crippen LogP contribution in [0.3, 0.4) is 0 Å². The number of rotatable bonds is 52. The van der Waals surface area contributed by atoms with E-state index in [1.54, 1.807) is 0 Å². The van der Waals surface area contributed by atoms with Crippen LogP contribution in [0.4, 0.5) is 0 Å². The Morgan fingerprint density at radius 3 is 1.19 bits per heavy atom. The lowest BCUT2D eigenvalue weighted by atomic mass is 10.0.